The molecule has 0 fully saturated rings. The average Bonchev–Trinajstić information content (AvgIpc) is 2.32. The van der Waals surface area contributed by atoms with Crippen LogP contribution in [0.4, 0.5) is 4.79 Å². The van der Waals surface area contributed by atoms with Crippen molar-refractivity contribution in [2.24, 2.45) is 0 Å². The minimum absolute atomic E-state index is 0.297. The maximum Gasteiger partial charge on any atom is 0.421 e. The lowest BCUT2D eigenvalue weighted by Crippen LogP contribution is -2.48. The van der Waals surface area contributed by atoms with Gasteiger partial charge in [0.15, 0.2) is 0 Å². The van der Waals surface area contributed by atoms with Crippen LogP contribution in [0, 0.1) is 0 Å². The van der Waals surface area contributed by atoms with E-state index in [1.807, 2.05) is 0 Å². The second-order valence-corrected chi connectivity index (χ2v) is 4.67. The number of methoxy groups -OCH3 is 2. The molecule has 0 aromatic heterocycles. The van der Waals surface area contributed by atoms with Crippen LogP contribution in [0.25, 0.3) is 0 Å². The third-order valence-electron chi connectivity index (χ3n) is 1.86. The average molecular weight is 298 g/mol. The van der Waals surface area contributed by atoms with Gasteiger partial charge in [0.25, 0.3) is 0 Å². The summed E-state index contributed by atoms with van der Waals surface area (Å²) >= 11 is 0. The molecule has 0 aromatic carbocycles. The van der Waals surface area contributed by atoms with E-state index >= 15 is 0 Å². The second-order valence-electron chi connectivity index (χ2n) is 3.22. The maximum atomic E-state index is 11.3. The molecule has 10 nitrogen and oxygen atoms in total. The molecule has 0 rings (SSSR count). The Bertz CT molecular complexity index is 446. The summed E-state index contributed by atoms with van der Waals surface area (Å²) in [6, 6.07) is -1.58. The molecule has 0 heterocycles. The zero-order chi connectivity index (χ0) is 15.1. The van der Waals surface area contributed by atoms with Gasteiger partial charge in [-0.05, 0) is 6.42 Å². The maximum absolute atomic E-state index is 11.3. The first-order chi connectivity index (χ1) is 8.71. The summed E-state index contributed by atoms with van der Waals surface area (Å²) in [5, 5.41) is 8.79. The molecule has 11 heteroatoms. The zero-order valence-corrected chi connectivity index (χ0v) is 11.0. The van der Waals surface area contributed by atoms with E-state index in [-0.39, 0.29) is 12.8 Å². The lowest BCUT2D eigenvalue weighted by atomic mass is 10.2. The minimum atomic E-state index is -4.40. The van der Waals surface area contributed by atoms with E-state index in [0.29, 0.717) is 0 Å². The molecule has 3 N–H and O–H groups in total. The third-order valence-corrected chi connectivity index (χ3v) is 2.89. The van der Waals surface area contributed by atoms with Crippen LogP contribution in [0.1, 0.15) is 12.8 Å². The van der Waals surface area contributed by atoms with Gasteiger partial charge >= 0.3 is 28.2 Å². The predicted molar refractivity (Wildman–Crippen MR) is 60.3 cm³/mol. The molecule has 0 aliphatic heterocycles. The van der Waals surface area contributed by atoms with Crippen LogP contribution >= 0.6 is 0 Å². The molecule has 0 aromatic rings. The minimum Gasteiger partial charge on any atom is -0.480 e. The van der Waals surface area contributed by atoms with Crippen LogP contribution in [-0.4, -0.2) is 51.8 Å². The van der Waals surface area contributed by atoms with Crippen LogP contribution in [0.15, 0.2) is 0 Å². The second kappa shape index (κ2) is 7.53. The Kier molecular flexibility index (Phi) is 6.79. The van der Waals surface area contributed by atoms with Gasteiger partial charge in [-0.1, -0.05) is 0 Å². The molecule has 0 spiro atoms. The number of aliphatic carboxylic acids is 1. The fourth-order valence-electron chi connectivity index (χ4n) is 0.965. The quantitative estimate of drug-likeness (QED) is 0.485. The largest absolute Gasteiger partial charge is 0.480 e. The summed E-state index contributed by atoms with van der Waals surface area (Å²) in [6.45, 7) is 0. The van der Waals surface area contributed by atoms with Crippen molar-refractivity contribution in [3.63, 3.8) is 0 Å². The fraction of sp³-hybridized carbons (Fsp3) is 0.625. The monoisotopic (exact) mass is 298 g/mol. The standard InChI is InChI=1S/C8H14N2O8S/c1-17-6(11)4-3-5(7(12)13)9-19(15,16)10-8(14)18-2/h5,9H,3-4H2,1-2H3,(H,10,14)(H,12,13). The molecule has 0 bridgehead atoms. The van der Waals surface area contributed by atoms with Gasteiger partial charge in [-0.3, -0.25) is 9.59 Å². The van der Waals surface area contributed by atoms with Crippen LogP contribution < -0.4 is 9.44 Å². The van der Waals surface area contributed by atoms with Gasteiger partial charge in [0, 0.05) is 6.42 Å². The van der Waals surface area contributed by atoms with Crippen molar-refractivity contribution in [3.05, 3.63) is 0 Å². The van der Waals surface area contributed by atoms with Crippen LogP contribution in [0.3, 0.4) is 0 Å². The Balaban J connectivity index is 4.62. The number of carbonyl (C=O) groups excluding carboxylic acids is 2. The number of carbonyl (C=O) groups is 3. The highest BCUT2D eigenvalue weighted by atomic mass is 32.2. The number of hydrogen-bond donors (Lipinski definition) is 3. The normalized spacial score (nSPS) is 12.3. The molecule has 19 heavy (non-hydrogen) atoms. The first-order valence-electron chi connectivity index (χ1n) is 4.89. The van der Waals surface area contributed by atoms with Gasteiger partial charge < -0.3 is 14.6 Å². The van der Waals surface area contributed by atoms with Crippen molar-refractivity contribution >= 4 is 28.2 Å². The highest BCUT2D eigenvalue weighted by Gasteiger charge is 2.26. The van der Waals surface area contributed by atoms with Gasteiger partial charge in [0.2, 0.25) is 0 Å². The van der Waals surface area contributed by atoms with Crippen LogP contribution in [0.5, 0.6) is 0 Å². The first kappa shape index (κ1) is 17.1. The summed E-state index contributed by atoms with van der Waals surface area (Å²) in [5.41, 5.74) is 0. The van der Waals surface area contributed by atoms with E-state index in [4.69, 9.17) is 5.11 Å². The van der Waals surface area contributed by atoms with Gasteiger partial charge in [-0.15, -0.1) is 0 Å². The summed E-state index contributed by atoms with van der Waals surface area (Å²) in [5.74, 6) is -2.19. The summed E-state index contributed by atoms with van der Waals surface area (Å²) in [4.78, 5) is 32.4. The Morgan fingerprint density at radius 3 is 2.21 bits per heavy atom. The Hall–Kier alpha value is -1.88. The summed E-state index contributed by atoms with van der Waals surface area (Å²) in [7, 11) is -2.35. The number of hydrogen-bond acceptors (Lipinski definition) is 7. The van der Waals surface area contributed by atoms with Crippen molar-refractivity contribution in [1.29, 1.82) is 0 Å². The molecule has 0 saturated heterocycles. The van der Waals surface area contributed by atoms with Crippen molar-refractivity contribution < 1.29 is 37.4 Å². The van der Waals surface area contributed by atoms with Crippen molar-refractivity contribution in [2.45, 2.75) is 18.9 Å². The third kappa shape index (κ3) is 7.21. The van der Waals surface area contributed by atoms with E-state index < -0.39 is 34.3 Å². The van der Waals surface area contributed by atoms with Crippen molar-refractivity contribution in [2.75, 3.05) is 14.2 Å². The number of carboxylic acid groups (broad SMARTS) is 1. The molecule has 0 radical (unpaired) electrons. The fourth-order valence-corrected chi connectivity index (χ4v) is 1.92. The van der Waals surface area contributed by atoms with E-state index in [1.54, 1.807) is 4.72 Å². The SMILES string of the molecule is COC(=O)CCC(NS(=O)(=O)NC(=O)OC)C(=O)O. The number of esters is 1. The van der Waals surface area contributed by atoms with E-state index in [9.17, 15) is 22.8 Å². The smallest absolute Gasteiger partial charge is 0.421 e. The zero-order valence-electron chi connectivity index (χ0n) is 10.2. The van der Waals surface area contributed by atoms with Gasteiger partial charge in [0.1, 0.15) is 6.04 Å². The summed E-state index contributed by atoms with van der Waals surface area (Å²) in [6.07, 6.45) is -1.90. The molecule has 110 valence electrons. The van der Waals surface area contributed by atoms with Gasteiger partial charge in [-0.25, -0.2) is 9.52 Å². The molecule has 1 unspecified atom stereocenters. The van der Waals surface area contributed by atoms with E-state index in [0.717, 1.165) is 14.2 Å². The highest BCUT2D eigenvalue weighted by molar-refractivity contribution is 7.88. The van der Waals surface area contributed by atoms with E-state index in [1.165, 1.54) is 4.72 Å². The number of amides is 1. The molecule has 0 aliphatic carbocycles. The number of carboxylic acids is 1. The molecular weight excluding hydrogens is 284 g/mol. The molecule has 0 saturated carbocycles. The number of rotatable bonds is 7. The number of ether oxygens (including phenoxy) is 2. The predicted octanol–water partition coefficient (Wildman–Crippen LogP) is -1.42. The summed E-state index contributed by atoms with van der Waals surface area (Å²) < 4.78 is 34.1. The first-order valence-corrected chi connectivity index (χ1v) is 6.37. The molecule has 1 atom stereocenters. The van der Waals surface area contributed by atoms with Gasteiger partial charge in [-0.2, -0.15) is 13.1 Å². The topological polar surface area (TPSA) is 148 Å². The highest BCUT2D eigenvalue weighted by Crippen LogP contribution is 2.01. The van der Waals surface area contributed by atoms with Crippen LogP contribution in [0.2, 0.25) is 0 Å². The van der Waals surface area contributed by atoms with Crippen molar-refractivity contribution in [1.82, 2.24) is 9.44 Å². The Morgan fingerprint density at radius 2 is 1.79 bits per heavy atom. The molecule has 1 amide bonds. The Morgan fingerprint density at radius 1 is 1.21 bits per heavy atom. The molecular formula is C8H14N2O8S. The van der Waals surface area contributed by atoms with Crippen LogP contribution in [-0.2, 0) is 29.3 Å². The number of nitrogens with one attached hydrogen (secondary N) is 2. The van der Waals surface area contributed by atoms with E-state index in [2.05, 4.69) is 9.47 Å². The van der Waals surface area contributed by atoms with Crippen molar-refractivity contribution in [3.8, 4) is 0 Å². The lowest BCUT2D eigenvalue weighted by Gasteiger charge is -2.14. The van der Waals surface area contributed by atoms with Gasteiger partial charge in [0.05, 0.1) is 14.2 Å². The molecule has 0 aliphatic rings. The lowest BCUT2D eigenvalue weighted by molar-refractivity contribution is -0.142. The Labute approximate surface area is 109 Å².